The number of carboxylic acids is 1. The van der Waals surface area contributed by atoms with Crippen LogP contribution in [0.3, 0.4) is 0 Å². The summed E-state index contributed by atoms with van der Waals surface area (Å²) in [7, 11) is 0. The third-order valence-corrected chi connectivity index (χ3v) is 2.88. The van der Waals surface area contributed by atoms with E-state index in [1.165, 1.54) is 0 Å². The number of aliphatic hydroxyl groups is 1. The molecule has 0 spiro atoms. The first kappa shape index (κ1) is 12.4. The van der Waals surface area contributed by atoms with Crippen LogP contribution < -0.4 is 10.6 Å². The minimum Gasteiger partial charge on any atom is -0.480 e. The summed E-state index contributed by atoms with van der Waals surface area (Å²) in [5.74, 6) is -1.67. The highest BCUT2D eigenvalue weighted by atomic mass is 16.4. The van der Waals surface area contributed by atoms with Crippen molar-refractivity contribution in [3.8, 4) is 0 Å². The quantitative estimate of drug-likeness (QED) is 0.582. The number of carbonyl (C=O) groups is 2. The number of carboxylic acid groups (broad SMARTS) is 1. The van der Waals surface area contributed by atoms with E-state index in [1.807, 2.05) is 24.3 Å². The standard InChI is InChI=1S/C12H14N2O4/c15-6-10(12(17)18)14-11(16)9-5-7-3-1-2-4-8(7)13-9/h1-4,9-10,13,15H,5-6H2,(H,14,16)(H,17,18)/t9-,10?/m0/s1. The molecule has 0 radical (unpaired) electrons. The van der Waals surface area contributed by atoms with Crippen LogP contribution in [-0.4, -0.2) is 40.8 Å². The molecule has 1 aliphatic rings. The maximum absolute atomic E-state index is 11.8. The monoisotopic (exact) mass is 250 g/mol. The number of benzene rings is 1. The molecule has 1 amide bonds. The molecule has 0 saturated carbocycles. The molecule has 0 saturated heterocycles. The second kappa shape index (κ2) is 5.05. The molecule has 1 aromatic rings. The topological polar surface area (TPSA) is 98.7 Å². The van der Waals surface area contributed by atoms with Crippen LogP contribution in [0.4, 0.5) is 5.69 Å². The van der Waals surface area contributed by atoms with Gasteiger partial charge in [0.15, 0.2) is 0 Å². The third kappa shape index (κ3) is 2.43. The summed E-state index contributed by atoms with van der Waals surface area (Å²) in [4.78, 5) is 22.5. The van der Waals surface area contributed by atoms with Gasteiger partial charge in [0.1, 0.15) is 12.1 Å². The van der Waals surface area contributed by atoms with Gasteiger partial charge in [0.05, 0.1) is 6.61 Å². The predicted octanol–water partition coefficient (Wildman–Crippen LogP) is -0.415. The molecule has 6 heteroatoms. The maximum Gasteiger partial charge on any atom is 0.328 e. The van der Waals surface area contributed by atoms with Gasteiger partial charge in [-0.1, -0.05) is 18.2 Å². The van der Waals surface area contributed by atoms with Crippen LogP contribution >= 0.6 is 0 Å². The minimum atomic E-state index is -1.26. The van der Waals surface area contributed by atoms with Gasteiger partial charge in [0.25, 0.3) is 0 Å². The lowest BCUT2D eigenvalue weighted by atomic mass is 10.1. The summed E-state index contributed by atoms with van der Waals surface area (Å²) in [6, 6.07) is 5.77. The largest absolute Gasteiger partial charge is 0.480 e. The summed E-state index contributed by atoms with van der Waals surface area (Å²) in [5.41, 5.74) is 1.90. The lowest BCUT2D eigenvalue weighted by molar-refractivity contribution is -0.143. The highest BCUT2D eigenvalue weighted by molar-refractivity contribution is 5.90. The van der Waals surface area contributed by atoms with E-state index in [9.17, 15) is 9.59 Å². The van der Waals surface area contributed by atoms with Crippen LogP contribution in [0.2, 0.25) is 0 Å². The van der Waals surface area contributed by atoms with Crippen LogP contribution in [0.15, 0.2) is 24.3 Å². The molecular weight excluding hydrogens is 236 g/mol. The second-order valence-electron chi connectivity index (χ2n) is 4.14. The Morgan fingerprint density at radius 1 is 1.44 bits per heavy atom. The predicted molar refractivity (Wildman–Crippen MR) is 64.2 cm³/mol. The highest BCUT2D eigenvalue weighted by Gasteiger charge is 2.29. The van der Waals surface area contributed by atoms with Crippen LogP contribution in [-0.2, 0) is 16.0 Å². The number of para-hydroxylation sites is 1. The summed E-state index contributed by atoms with van der Waals surface area (Å²) >= 11 is 0. The van der Waals surface area contributed by atoms with Crippen molar-refractivity contribution in [2.24, 2.45) is 0 Å². The average molecular weight is 250 g/mol. The Balaban J connectivity index is 1.99. The van der Waals surface area contributed by atoms with Crippen LogP contribution in [0.5, 0.6) is 0 Å². The molecule has 1 aliphatic heterocycles. The number of anilines is 1. The summed E-state index contributed by atoms with van der Waals surface area (Å²) in [5, 5.41) is 22.9. The van der Waals surface area contributed by atoms with E-state index in [0.29, 0.717) is 6.42 Å². The minimum absolute atomic E-state index is 0.423. The SMILES string of the molecule is O=C(O)C(CO)NC(=O)[C@@H]1Cc2ccccc2N1. The van der Waals surface area contributed by atoms with Gasteiger partial charge >= 0.3 is 5.97 Å². The van der Waals surface area contributed by atoms with E-state index in [-0.39, 0.29) is 0 Å². The number of carbonyl (C=O) groups excluding carboxylic acids is 1. The fraction of sp³-hybridized carbons (Fsp3) is 0.333. The number of aliphatic hydroxyl groups excluding tert-OH is 1. The number of hydrogen-bond donors (Lipinski definition) is 4. The van der Waals surface area contributed by atoms with Gasteiger partial charge in [-0.3, -0.25) is 4.79 Å². The molecule has 4 N–H and O–H groups in total. The van der Waals surface area contributed by atoms with Crippen molar-refractivity contribution in [2.45, 2.75) is 18.5 Å². The first-order valence-electron chi connectivity index (χ1n) is 5.60. The van der Waals surface area contributed by atoms with E-state index >= 15 is 0 Å². The molecule has 1 unspecified atom stereocenters. The molecule has 0 bridgehead atoms. The van der Waals surface area contributed by atoms with Gasteiger partial charge in [-0.05, 0) is 11.6 Å². The van der Waals surface area contributed by atoms with Gasteiger partial charge in [-0.2, -0.15) is 0 Å². The molecule has 96 valence electrons. The maximum atomic E-state index is 11.8. The van der Waals surface area contributed by atoms with E-state index in [2.05, 4.69) is 10.6 Å². The van der Waals surface area contributed by atoms with E-state index in [1.54, 1.807) is 0 Å². The van der Waals surface area contributed by atoms with Gasteiger partial charge in [-0.25, -0.2) is 4.79 Å². The zero-order valence-corrected chi connectivity index (χ0v) is 9.59. The molecule has 1 aromatic carbocycles. The summed E-state index contributed by atoms with van der Waals surface area (Å²) in [6.45, 7) is -0.624. The Kier molecular flexibility index (Phi) is 3.47. The van der Waals surface area contributed by atoms with Crippen molar-refractivity contribution >= 4 is 17.6 Å². The molecule has 2 atom stereocenters. The molecular formula is C12H14N2O4. The number of nitrogens with one attached hydrogen (secondary N) is 2. The van der Waals surface area contributed by atoms with Crippen LogP contribution in [0.1, 0.15) is 5.56 Å². The molecule has 6 nitrogen and oxygen atoms in total. The van der Waals surface area contributed by atoms with Crippen molar-refractivity contribution in [3.63, 3.8) is 0 Å². The van der Waals surface area contributed by atoms with Crippen molar-refractivity contribution in [3.05, 3.63) is 29.8 Å². The zero-order valence-electron chi connectivity index (χ0n) is 9.59. The number of amides is 1. The molecule has 1 heterocycles. The Bertz CT molecular complexity index is 450. The second-order valence-corrected chi connectivity index (χ2v) is 4.14. The zero-order chi connectivity index (χ0) is 13.1. The molecule has 0 aliphatic carbocycles. The number of aliphatic carboxylic acids is 1. The number of rotatable bonds is 4. The third-order valence-electron chi connectivity index (χ3n) is 2.88. The molecule has 0 fully saturated rings. The molecule has 18 heavy (non-hydrogen) atoms. The summed E-state index contributed by atoms with van der Waals surface area (Å²) in [6.07, 6.45) is 0.514. The fourth-order valence-electron chi connectivity index (χ4n) is 1.91. The number of hydrogen-bond acceptors (Lipinski definition) is 4. The van der Waals surface area contributed by atoms with Crippen LogP contribution in [0.25, 0.3) is 0 Å². The number of fused-ring (bicyclic) bond motifs is 1. The van der Waals surface area contributed by atoms with Crippen LogP contribution in [0, 0.1) is 0 Å². The first-order chi connectivity index (χ1) is 8.61. The van der Waals surface area contributed by atoms with Crippen molar-refractivity contribution in [1.29, 1.82) is 0 Å². The fourth-order valence-corrected chi connectivity index (χ4v) is 1.91. The van der Waals surface area contributed by atoms with Gasteiger partial charge in [0, 0.05) is 12.1 Å². The molecule has 0 aromatic heterocycles. The Hall–Kier alpha value is -2.08. The smallest absolute Gasteiger partial charge is 0.328 e. The van der Waals surface area contributed by atoms with E-state index in [0.717, 1.165) is 11.3 Å². The molecule has 2 rings (SSSR count). The lowest BCUT2D eigenvalue weighted by Crippen LogP contribution is -2.49. The van der Waals surface area contributed by atoms with Crippen molar-refractivity contribution < 1.29 is 19.8 Å². The highest BCUT2D eigenvalue weighted by Crippen LogP contribution is 2.25. The lowest BCUT2D eigenvalue weighted by Gasteiger charge is -2.15. The first-order valence-corrected chi connectivity index (χ1v) is 5.60. The van der Waals surface area contributed by atoms with E-state index in [4.69, 9.17) is 10.2 Å². The summed E-state index contributed by atoms with van der Waals surface area (Å²) < 4.78 is 0. The normalized spacial score (nSPS) is 18.6. The van der Waals surface area contributed by atoms with E-state index < -0.39 is 30.6 Å². The Morgan fingerprint density at radius 3 is 2.78 bits per heavy atom. The van der Waals surface area contributed by atoms with Gasteiger partial charge in [0.2, 0.25) is 5.91 Å². The van der Waals surface area contributed by atoms with Gasteiger partial charge in [-0.15, -0.1) is 0 Å². The Morgan fingerprint density at radius 2 is 2.17 bits per heavy atom. The average Bonchev–Trinajstić information content (AvgIpc) is 2.79. The van der Waals surface area contributed by atoms with Crippen molar-refractivity contribution in [2.75, 3.05) is 11.9 Å². The van der Waals surface area contributed by atoms with Crippen molar-refractivity contribution in [1.82, 2.24) is 5.32 Å². The van der Waals surface area contributed by atoms with Gasteiger partial charge < -0.3 is 20.8 Å². The Labute approximate surface area is 104 Å².